The molecule has 4 nitrogen and oxygen atoms in total. The molecule has 0 radical (unpaired) electrons. The van der Waals surface area contributed by atoms with E-state index in [1.807, 2.05) is 0 Å². The van der Waals surface area contributed by atoms with Gasteiger partial charge in [0.1, 0.15) is 0 Å². The standard InChI is InChI=1S/2C65H44N2/c1-43-35-40-56-59(41-43)62(46-22-18-21-45(42-46)44-19-4-2-5-20-44)52-27-8-9-28-53(52)63(56)64-54-29-10-12-31-57(54)65(58-32-13-11-30-55(58)64)66(47-23-6-3-7-24-47)48-36-38-49(39-37-48)67-60-33-16-14-25-50(60)51-26-15-17-34-61(51)67;1-43-35-40-56-59(41-43)64(53-28-9-8-27-52(53)62(56)46-22-18-21-45(42-46)44-19-4-2-5-20-44)63-54-29-10-12-31-57(54)65(58-32-13-11-30-55(58)63)66(47-23-6-3-7-24-47)48-36-38-49(39-37-48)67-60-33-16-14-25-50(60)51-26-15-17-34-61(51)67/h2*2-42H,1H3. The summed E-state index contributed by atoms with van der Waals surface area (Å²) < 4.78 is 4.78. The van der Waals surface area contributed by atoms with Crippen molar-refractivity contribution in [2.45, 2.75) is 13.8 Å². The molecule has 0 bridgehead atoms. The summed E-state index contributed by atoms with van der Waals surface area (Å²) in [4.78, 5) is 4.93. The number of hydrogen-bond donors (Lipinski definition) is 0. The van der Waals surface area contributed by atoms with Crippen LogP contribution in [0.2, 0.25) is 0 Å². The van der Waals surface area contributed by atoms with Gasteiger partial charge in [-0.25, -0.2) is 0 Å². The van der Waals surface area contributed by atoms with Gasteiger partial charge in [-0.15, -0.1) is 0 Å². The van der Waals surface area contributed by atoms with Gasteiger partial charge in [0.2, 0.25) is 0 Å². The normalized spacial score (nSPS) is 11.7. The molecule has 0 aliphatic rings. The van der Waals surface area contributed by atoms with Crippen LogP contribution in [0.5, 0.6) is 0 Å². The average Bonchev–Trinajstić information content (AvgIpc) is 0.935. The fourth-order valence-electron chi connectivity index (χ4n) is 21.8. The van der Waals surface area contributed by atoms with Crippen LogP contribution in [-0.4, -0.2) is 9.13 Å². The van der Waals surface area contributed by atoms with Crippen molar-refractivity contribution < 1.29 is 0 Å². The van der Waals surface area contributed by atoms with Crippen LogP contribution >= 0.6 is 0 Å². The molecule has 26 aromatic rings. The summed E-state index contributed by atoms with van der Waals surface area (Å²) >= 11 is 0. The van der Waals surface area contributed by atoms with Gasteiger partial charge in [0.25, 0.3) is 0 Å². The highest BCUT2D eigenvalue weighted by Crippen LogP contribution is 2.56. The van der Waals surface area contributed by atoms with Crippen molar-refractivity contribution in [2.24, 2.45) is 0 Å². The van der Waals surface area contributed by atoms with Crippen LogP contribution in [0, 0.1) is 13.8 Å². The van der Waals surface area contributed by atoms with Crippen LogP contribution in [0.4, 0.5) is 34.1 Å². The lowest BCUT2D eigenvalue weighted by Gasteiger charge is -2.30. The van der Waals surface area contributed by atoms with E-state index in [2.05, 4.69) is 530 Å². The second-order valence-electron chi connectivity index (χ2n) is 35.3. The summed E-state index contributed by atoms with van der Waals surface area (Å²) in [6, 6.07) is 183. The third-order valence-electron chi connectivity index (χ3n) is 27.6. The number of fused-ring (bicyclic) bond motifs is 14. The summed E-state index contributed by atoms with van der Waals surface area (Å²) in [6.07, 6.45) is 0. The minimum atomic E-state index is 1.09. The number of rotatable bonds is 14. The van der Waals surface area contributed by atoms with E-state index in [1.165, 1.54) is 208 Å². The number of para-hydroxylation sites is 6. The number of benzene rings is 24. The fraction of sp³-hybridized carbons (Fsp3) is 0.0154. The third kappa shape index (κ3) is 13.2. The molecule has 24 aromatic carbocycles. The summed E-state index contributed by atoms with van der Waals surface area (Å²) in [5.41, 5.74) is 31.1. The molecular formula is C130H88N4. The fourth-order valence-corrected chi connectivity index (χ4v) is 21.8. The second-order valence-corrected chi connectivity index (χ2v) is 35.3. The van der Waals surface area contributed by atoms with Crippen molar-refractivity contribution in [3.05, 3.63) is 509 Å². The maximum Gasteiger partial charge on any atom is 0.0618 e. The minimum Gasteiger partial charge on any atom is -0.309 e. The monoisotopic (exact) mass is 1700 g/mol. The van der Waals surface area contributed by atoms with Crippen LogP contribution in [-0.2, 0) is 0 Å². The first-order valence-corrected chi connectivity index (χ1v) is 46.4. The van der Waals surface area contributed by atoms with Gasteiger partial charge in [-0.1, -0.05) is 399 Å². The molecule has 0 aliphatic heterocycles. The Kier molecular flexibility index (Phi) is 19.4. The predicted octanol–water partition coefficient (Wildman–Crippen LogP) is 36.4. The Bertz CT molecular complexity index is 8910. The van der Waals surface area contributed by atoms with Crippen LogP contribution in [0.15, 0.2) is 497 Å². The van der Waals surface area contributed by atoms with Gasteiger partial charge in [0.15, 0.2) is 0 Å². The Morgan fingerprint density at radius 1 is 0.142 bits per heavy atom. The average molecular weight is 1710 g/mol. The quantitative estimate of drug-likeness (QED) is 0.101. The van der Waals surface area contributed by atoms with E-state index in [0.717, 1.165) is 45.5 Å². The van der Waals surface area contributed by atoms with Crippen LogP contribution in [0.25, 0.3) is 208 Å². The van der Waals surface area contributed by atoms with Crippen molar-refractivity contribution in [1.29, 1.82) is 0 Å². The maximum atomic E-state index is 2.47. The molecule has 628 valence electrons. The highest BCUT2D eigenvalue weighted by atomic mass is 15.2. The first-order valence-electron chi connectivity index (χ1n) is 46.4. The zero-order chi connectivity index (χ0) is 88.9. The van der Waals surface area contributed by atoms with Gasteiger partial charge in [-0.3, -0.25) is 0 Å². The largest absolute Gasteiger partial charge is 0.309 e. The number of anilines is 6. The second kappa shape index (κ2) is 32.9. The number of aromatic nitrogens is 2. The van der Waals surface area contributed by atoms with E-state index in [-0.39, 0.29) is 0 Å². The topological polar surface area (TPSA) is 16.3 Å². The molecule has 0 saturated carbocycles. The molecule has 0 spiro atoms. The maximum absolute atomic E-state index is 2.47. The highest BCUT2D eigenvalue weighted by Gasteiger charge is 2.30. The number of hydrogen-bond acceptors (Lipinski definition) is 2. The van der Waals surface area contributed by atoms with Crippen molar-refractivity contribution in [3.63, 3.8) is 0 Å². The summed E-state index contributed by atoms with van der Waals surface area (Å²) in [5.74, 6) is 0. The zero-order valence-electron chi connectivity index (χ0n) is 74.1. The first kappa shape index (κ1) is 78.8. The molecule has 0 aliphatic carbocycles. The van der Waals surface area contributed by atoms with Crippen LogP contribution in [0.1, 0.15) is 11.1 Å². The summed E-state index contributed by atoms with van der Waals surface area (Å²) in [7, 11) is 0. The van der Waals surface area contributed by atoms with Gasteiger partial charge in [0.05, 0.1) is 33.4 Å². The Balaban J connectivity index is 0.000000143. The highest BCUT2D eigenvalue weighted by molar-refractivity contribution is 6.33. The molecule has 4 heteroatoms. The molecule has 2 heterocycles. The molecule has 134 heavy (non-hydrogen) atoms. The molecule has 2 aromatic heterocycles. The van der Waals surface area contributed by atoms with E-state index < -0.39 is 0 Å². The van der Waals surface area contributed by atoms with Gasteiger partial charge in [-0.05, 0) is 254 Å². The van der Waals surface area contributed by atoms with Gasteiger partial charge in [0, 0.05) is 77.2 Å². The van der Waals surface area contributed by atoms with Gasteiger partial charge < -0.3 is 18.9 Å². The van der Waals surface area contributed by atoms with E-state index in [0.29, 0.717) is 0 Å². The van der Waals surface area contributed by atoms with Gasteiger partial charge in [-0.2, -0.15) is 0 Å². The van der Waals surface area contributed by atoms with Crippen molar-refractivity contribution >= 4 is 164 Å². The molecule has 0 saturated heterocycles. The summed E-state index contributed by atoms with van der Waals surface area (Å²) in [5, 5.41) is 24.6. The zero-order valence-corrected chi connectivity index (χ0v) is 74.1. The van der Waals surface area contributed by atoms with E-state index >= 15 is 0 Å². The molecule has 0 N–H and O–H groups in total. The minimum absolute atomic E-state index is 1.09. The Hall–Kier alpha value is -17.4. The molecule has 0 fully saturated rings. The predicted molar refractivity (Wildman–Crippen MR) is 573 cm³/mol. The van der Waals surface area contributed by atoms with Crippen molar-refractivity contribution in [1.82, 2.24) is 9.13 Å². The third-order valence-corrected chi connectivity index (χ3v) is 27.6. The lowest BCUT2D eigenvalue weighted by Crippen LogP contribution is -2.11. The van der Waals surface area contributed by atoms with Gasteiger partial charge >= 0.3 is 0 Å². The van der Waals surface area contributed by atoms with Crippen LogP contribution in [0.3, 0.4) is 0 Å². The SMILES string of the molecule is Cc1ccc2c(-c3c4ccccc4c(N(c4ccccc4)c4ccc(-n5c6ccccc6c6ccccc65)cc4)c4ccccc34)c3ccccc3c(-c3cccc(-c4ccccc4)c3)c2c1.Cc1ccc2c(-c3cccc(-c4ccccc4)c3)c3ccccc3c(-c3c4ccccc4c(N(c4ccccc4)c4ccc(-n5c6ccccc6c6ccccc65)cc4)c4ccccc34)c2c1. The summed E-state index contributed by atoms with van der Waals surface area (Å²) in [6.45, 7) is 4.43. The number of nitrogens with zero attached hydrogens (tertiary/aromatic N) is 4. The van der Waals surface area contributed by atoms with Crippen molar-refractivity contribution in [2.75, 3.05) is 9.80 Å². The van der Waals surface area contributed by atoms with Crippen LogP contribution < -0.4 is 9.80 Å². The molecule has 26 rings (SSSR count). The van der Waals surface area contributed by atoms with E-state index in [1.54, 1.807) is 0 Å². The van der Waals surface area contributed by atoms with Crippen molar-refractivity contribution in [3.8, 4) is 78.1 Å². The molecule has 0 atom stereocenters. The molecular weight excluding hydrogens is 1620 g/mol. The van der Waals surface area contributed by atoms with E-state index in [4.69, 9.17) is 0 Å². The lowest BCUT2D eigenvalue weighted by atomic mass is 9.81. The Labute approximate surface area is 777 Å². The molecule has 0 amide bonds. The molecule has 0 unspecified atom stereocenters. The lowest BCUT2D eigenvalue weighted by molar-refractivity contribution is 1.17. The number of aryl methyl sites for hydroxylation is 2. The Morgan fingerprint density at radius 3 is 0.687 bits per heavy atom. The van der Waals surface area contributed by atoms with E-state index in [9.17, 15) is 0 Å². The smallest absolute Gasteiger partial charge is 0.0618 e. The Morgan fingerprint density at radius 2 is 0.358 bits per heavy atom. The first-order chi connectivity index (χ1) is 66.4.